The molecule has 0 aliphatic heterocycles. The summed E-state index contributed by atoms with van der Waals surface area (Å²) in [6, 6.07) is 3.73. The highest BCUT2D eigenvalue weighted by molar-refractivity contribution is 5.56. The highest BCUT2D eigenvalue weighted by Crippen LogP contribution is 2.39. The first kappa shape index (κ1) is 17.2. The Morgan fingerprint density at radius 1 is 1.04 bits per heavy atom. The van der Waals surface area contributed by atoms with Crippen LogP contribution in [0, 0.1) is 11.8 Å². The van der Waals surface area contributed by atoms with Crippen LogP contribution < -0.4 is 25.7 Å². The minimum Gasteiger partial charge on any atom is -0.493 e. The van der Waals surface area contributed by atoms with Crippen molar-refractivity contribution in [1.29, 1.82) is 0 Å². The van der Waals surface area contributed by atoms with E-state index in [1.807, 2.05) is 19.1 Å². The molecule has 4 N–H and O–H groups in total. The Bertz CT molecular complexity index is 771. The first-order valence-corrected chi connectivity index (χ1v) is 7.19. The molecule has 1 atom stereocenters. The molecule has 1 aromatic carbocycles. The third kappa shape index (κ3) is 3.60. The fourth-order valence-corrected chi connectivity index (χ4v) is 2.13. The van der Waals surface area contributed by atoms with E-state index in [2.05, 4.69) is 21.8 Å². The maximum Gasteiger partial charge on any atom is 0.221 e. The molecule has 2 rings (SSSR count). The minimum atomic E-state index is -0.101. The first-order chi connectivity index (χ1) is 11.5. The average Bonchev–Trinajstić information content (AvgIpc) is 2.59. The highest BCUT2D eigenvalue weighted by Gasteiger charge is 2.15. The molecule has 0 unspecified atom stereocenters. The van der Waals surface area contributed by atoms with Gasteiger partial charge in [-0.05, 0) is 24.6 Å². The number of hydrogen-bond donors (Lipinski definition) is 2. The lowest BCUT2D eigenvalue weighted by Gasteiger charge is -2.15. The summed E-state index contributed by atoms with van der Waals surface area (Å²) in [5.41, 5.74) is 12.7. The van der Waals surface area contributed by atoms with Crippen LogP contribution in [0.4, 0.5) is 11.8 Å². The zero-order valence-electron chi connectivity index (χ0n) is 14.1. The van der Waals surface area contributed by atoms with Crippen molar-refractivity contribution >= 4 is 11.8 Å². The Morgan fingerprint density at radius 3 is 2.17 bits per heavy atom. The molecule has 0 saturated carbocycles. The SMILES string of the molecule is COc1cc([C@H](C)C#Cc2cnc(N)nc2N)cc(OC)c1OC. The van der Waals surface area contributed by atoms with E-state index >= 15 is 0 Å². The van der Waals surface area contributed by atoms with Gasteiger partial charge in [-0.1, -0.05) is 11.8 Å². The molecular weight excluding hydrogens is 308 g/mol. The lowest BCUT2D eigenvalue weighted by Crippen LogP contribution is -2.01. The van der Waals surface area contributed by atoms with Gasteiger partial charge in [0.15, 0.2) is 11.5 Å². The van der Waals surface area contributed by atoms with E-state index in [-0.39, 0.29) is 17.7 Å². The van der Waals surface area contributed by atoms with E-state index in [0.717, 1.165) is 5.56 Å². The van der Waals surface area contributed by atoms with Crippen LogP contribution in [0.25, 0.3) is 0 Å². The number of benzene rings is 1. The number of nitrogens with two attached hydrogens (primary N) is 2. The molecule has 1 heterocycles. The first-order valence-electron chi connectivity index (χ1n) is 7.19. The standard InChI is InChI=1S/C17H20N4O3/c1-10(5-6-11-9-20-17(19)21-16(11)18)12-7-13(22-2)15(24-4)14(8-12)23-3/h7-10H,1-4H3,(H4,18,19,20,21)/t10-/m1/s1. The number of hydrogen-bond acceptors (Lipinski definition) is 7. The fraction of sp³-hybridized carbons (Fsp3) is 0.294. The maximum absolute atomic E-state index is 5.79. The van der Waals surface area contributed by atoms with Gasteiger partial charge in [-0.2, -0.15) is 4.98 Å². The maximum atomic E-state index is 5.79. The summed E-state index contributed by atoms with van der Waals surface area (Å²) >= 11 is 0. The van der Waals surface area contributed by atoms with E-state index in [0.29, 0.717) is 22.8 Å². The Hall–Kier alpha value is -3.14. The van der Waals surface area contributed by atoms with Crippen molar-refractivity contribution in [2.24, 2.45) is 0 Å². The van der Waals surface area contributed by atoms with Gasteiger partial charge in [0.2, 0.25) is 11.7 Å². The summed E-state index contributed by atoms with van der Waals surface area (Å²) in [5, 5.41) is 0. The van der Waals surface area contributed by atoms with E-state index < -0.39 is 0 Å². The van der Waals surface area contributed by atoms with Gasteiger partial charge < -0.3 is 25.7 Å². The van der Waals surface area contributed by atoms with Crippen LogP contribution in [0.2, 0.25) is 0 Å². The monoisotopic (exact) mass is 328 g/mol. The minimum absolute atomic E-state index is 0.101. The molecule has 24 heavy (non-hydrogen) atoms. The Balaban J connectivity index is 2.37. The van der Waals surface area contributed by atoms with Crippen molar-refractivity contribution in [2.45, 2.75) is 12.8 Å². The molecule has 2 aromatic rings. The molecule has 0 aliphatic rings. The summed E-state index contributed by atoms with van der Waals surface area (Å²) in [6.45, 7) is 1.96. The topological polar surface area (TPSA) is 106 Å². The Morgan fingerprint density at radius 2 is 1.67 bits per heavy atom. The quantitative estimate of drug-likeness (QED) is 0.825. The molecule has 1 aromatic heterocycles. The van der Waals surface area contributed by atoms with Gasteiger partial charge >= 0.3 is 0 Å². The van der Waals surface area contributed by atoms with Gasteiger partial charge in [0, 0.05) is 5.92 Å². The van der Waals surface area contributed by atoms with Gasteiger partial charge in [-0.15, -0.1) is 0 Å². The fourth-order valence-electron chi connectivity index (χ4n) is 2.13. The van der Waals surface area contributed by atoms with E-state index in [1.54, 1.807) is 21.3 Å². The van der Waals surface area contributed by atoms with Gasteiger partial charge in [0.1, 0.15) is 5.82 Å². The second-order valence-corrected chi connectivity index (χ2v) is 4.98. The molecular formula is C17H20N4O3. The number of nitrogens with zero attached hydrogens (tertiary/aromatic N) is 2. The molecule has 0 aliphatic carbocycles. The molecule has 0 bridgehead atoms. The van der Waals surface area contributed by atoms with Crippen LogP contribution in [-0.2, 0) is 0 Å². The second kappa shape index (κ2) is 7.42. The number of nitrogen functional groups attached to an aromatic ring is 2. The van der Waals surface area contributed by atoms with Crippen LogP contribution in [0.15, 0.2) is 18.3 Å². The van der Waals surface area contributed by atoms with Crippen LogP contribution in [0.5, 0.6) is 17.2 Å². The summed E-state index contributed by atoms with van der Waals surface area (Å²) in [4.78, 5) is 7.78. The summed E-state index contributed by atoms with van der Waals surface area (Å²) in [6.07, 6.45) is 1.51. The van der Waals surface area contributed by atoms with E-state index in [1.165, 1.54) is 6.20 Å². The van der Waals surface area contributed by atoms with Crippen molar-refractivity contribution in [1.82, 2.24) is 9.97 Å². The largest absolute Gasteiger partial charge is 0.493 e. The molecule has 0 radical (unpaired) electrons. The van der Waals surface area contributed by atoms with Crippen LogP contribution >= 0.6 is 0 Å². The van der Waals surface area contributed by atoms with Crippen molar-refractivity contribution in [3.8, 4) is 29.1 Å². The van der Waals surface area contributed by atoms with E-state index in [4.69, 9.17) is 25.7 Å². The predicted octanol–water partition coefficient (Wildman–Crippen LogP) is 1.82. The Labute approximate surface area is 141 Å². The molecule has 0 saturated heterocycles. The number of methoxy groups -OCH3 is 3. The van der Waals surface area contributed by atoms with Crippen molar-refractivity contribution < 1.29 is 14.2 Å². The van der Waals surface area contributed by atoms with E-state index in [9.17, 15) is 0 Å². The second-order valence-electron chi connectivity index (χ2n) is 4.98. The summed E-state index contributed by atoms with van der Waals surface area (Å²) < 4.78 is 16.0. The average molecular weight is 328 g/mol. The zero-order valence-corrected chi connectivity index (χ0v) is 14.1. The van der Waals surface area contributed by atoms with Crippen molar-refractivity contribution in [2.75, 3.05) is 32.8 Å². The summed E-state index contributed by atoms with van der Waals surface area (Å²) in [5.74, 6) is 8.06. The van der Waals surface area contributed by atoms with Gasteiger partial charge in [0.05, 0.1) is 33.1 Å². The number of rotatable bonds is 4. The van der Waals surface area contributed by atoms with Gasteiger partial charge in [0.25, 0.3) is 0 Å². The number of aromatic nitrogens is 2. The zero-order chi connectivity index (χ0) is 17.7. The summed E-state index contributed by atoms with van der Waals surface area (Å²) in [7, 11) is 4.71. The van der Waals surface area contributed by atoms with Crippen LogP contribution in [0.3, 0.4) is 0 Å². The lowest BCUT2D eigenvalue weighted by molar-refractivity contribution is 0.323. The van der Waals surface area contributed by atoms with Crippen molar-refractivity contribution in [3.63, 3.8) is 0 Å². The molecule has 0 fully saturated rings. The number of anilines is 2. The smallest absolute Gasteiger partial charge is 0.221 e. The molecule has 126 valence electrons. The van der Waals surface area contributed by atoms with Crippen molar-refractivity contribution in [3.05, 3.63) is 29.5 Å². The molecule has 0 amide bonds. The molecule has 0 spiro atoms. The van der Waals surface area contributed by atoms with Gasteiger partial charge in [-0.3, -0.25) is 0 Å². The van der Waals surface area contributed by atoms with Crippen LogP contribution in [0.1, 0.15) is 24.0 Å². The highest BCUT2D eigenvalue weighted by atomic mass is 16.5. The predicted molar refractivity (Wildman–Crippen MR) is 92.2 cm³/mol. The third-order valence-electron chi connectivity index (χ3n) is 3.45. The molecule has 7 heteroatoms. The number of ether oxygens (including phenoxy) is 3. The normalized spacial score (nSPS) is 11.2. The van der Waals surface area contributed by atoms with Gasteiger partial charge in [-0.25, -0.2) is 4.98 Å². The Kier molecular flexibility index (Phi) is 5.32. The lowest BCUT2D eigenvalue weighted by atomic mass is 10.00. The van der Waals surface area contributed by atoms with Crippen LogP contribution in [-0.4, -0.2) is 31.3 Å². The molecule has 7 nitrogen and oxygen atoms in total. The third-order valence-corrected chi connectivity index (χ3v) is 3.45.